The van der Waals surface area contributed by atoms with Gasteiger partial charge in [-0.25, -0.2) is 13.1 Å². The van der Waals surface area contributed by atoms with E-state index in [-0.39, 0.29) is 17.7 Å². The van der Waals surface area contributed by atoms with E-state index in [1.807, 2.05) is 30.3 Å². The number of carboxylic acid groups (broad SMARTS) is 1. The van der Waals surface area contributed by atoms with Gasteiger partial charge in [0.25, 0.3) is 0 Å². The number of hydrogen-bond donors (Lipinski definition) is 2. The molecule has 0 unspecified atom stereocenters. The molecule has 1 aromatic carbocycles. The predicted molar refractivity (Wildman–Crippen MR) is 89.0 cm³/mol. The van der Waals surface area contributed by atoms with Crippen molar-refractivity contribution in [2.75, 3.05) is 0 Å². The largest absolute Gasteiger partial charge is 0.481 e. The highest BCUT2D eigenvalue weighted by Crippen LogP contribution is 2.17. The van der Waals surface area contributed by atoms with Gasteiger partial charge in [-0.1, -0.05) is 30.3 Å². The molecule has 0 fully saturated rings. The van der Waals surface area contributed by atoms with Gasteiger partial charge < -0.3 is 5.11 Å². The van der Waals surface area contributed by atoms with Gasteiger partial charge in [0.15, 0.2) is 0 Å². The molecule has 130 valence electrons. The molecule has 8 heteroatoms. The first-order chi connectivity index (χ1) is 11.2. The van der Waals surface area contributed by atoms with E-state index in [9.17, 15) is 13.2 Å². The van der Waals surface area contributed by atoms with Gasteiger partial charge in [0.05, 0.1) is 12.7 Å². The van der Waals surface area contributed by atoms with Crippen LogP contribution in [0.15, 0.2) is 47.6 Å². The van der Waals surface area contributed by atoms with Gasteiger partial charge in [-0.3, -0.25) is 9.48 Å². The molecule has 0 bridgehead atoms. The van der Waals surface area contributed by atoms with Crippen LogP contribution in [-0.4, -0.2) is 34.8 Å². The minimum Gasteiger partial charge on any atom is -0.481 e. The van der Waals surface area contributed by atoms with Gasteiger partial charge in [-0.15, -0.1) is 0 Å². The minimum atomic E-state index is -3.76. The standard InChI is InChI=1S/C16H21N3O4S/c1-16(2,9-8-15(20)21)18-24(22,23)14-10-17-19(12-14)11-13-6-4-3-5-7-13/h3-7,10,12,18H,8-9,11H2,1-2H3,(H,20,21). The zero-order valence-corrected chi connectivity index (χ0v) is 14.5. The lowest BCUT2D eigenvalue weighted by atomic mass is 10.0. The molecular weight excluding hydrogens is 330 g/mol. The SMILES string of the molecule is CC(C)(CCC(=O)O)NS(=O)(=O)c1cnn(Cc2ccccc2)c1. The van der Waals surface area contributed by atoms with Gasteiger partial charge in [-0.2, -0.15) is 5.10 Å². The van der Waals surface area contributed by atoms with Crippen LogP contribution < -0.4 is 4.72 Å². The van der Waals surface area contributed by atoms with Crippen molar-refractivity contribution in [3.8, 4) is 0 Å². The highest BCUT2D eigenvalue weighted by Gasteiger charge is 2.27. The van der Waals surface area contributed by atoms with Gasteiger partial charge >= 0.3 is 5.97 Å². The molecule has 0 aliphatic heterocycles. The summed E-state index contributed by atoms with van der Waals surface area (Å²) in [5.41, 5.74) is 0.151. The maximum Gasteiger partial charge on any atom is 0.303 e. The second kappa shape index (κ2) is 7.14. The zero-order valence-electron chi connectivity index (χ0n) is 13.6. The van der Waals surface area contributed by atoms with E-state index < -0.39 is 21.5 Å². The maximum absolute atomic E-state index is 12.4. The van der Waals surface area contributed by atoms with Crippen molar-refractivity contribution in [3.63, 3.8) is 0 Å². The van der Waals surface area contributed by atoms with E-state index >= 15 is 0 Å². The fourth-order valence-electron chi connectivity index (χ4n) is 2.23. The Morgan fingerprint density at radius 3 is 2.58 bits per heavy atom. The van der Waals surface area contributed by atoms with Crippen molar-refractivity contribution < 1.29 is 18.3 Å². The smallest absolute Gasteiger partial charge is 0.303 e. The van der Waals surface area contributed by atoms with Crippen molar-refractivity contribution in [1.82, 2.24) is 14.5 Å². The number of nitrogens with one attached hydrogen (secondary N) is 1. The molecule has 24 heavy (non-hydrogen) atoms. The molecular formula is C16H21N3O4S. The molecule has 0 aliphatic carbocycles. The Kier molecular flexibility index (Phi) is 5.40. The van der Waals surface area contributed by atoms with Crippen LogP contribution in [0.25, 0.3) is 0 Å². The quantitative estimate of drug-likeness (QED) is 0.756. The molecule has 0 amide bonds. The zero-order chi connectivity index (χ0) is 17.8. The minimum absolute atomic E-state index is 0.0573. The summed E-state index contributed by atoms with van der Waals surface area (Å²) in [6.45, 7) is 3.78. The lowest BCUT2D eigenvalue weighted by molar-refractivity contribution is -0.137. The molecule has 0 saturated heterocycles. The third-order valence-corrected chi connectivity index (χ3v) is 5.13. The number of aromatic nitrogens is 2. The summed E-state index contributed by atoms with van der Waals surface area (Å²) < 4.78 is 29.0. The average molecular weight is 351 g/mol. The number of aliphatic carboxylic acids is 1. The van der Waals surface area contributed by atoms with Crippen molar-refractivity contribution in [2.24, 2.45) is 0 Å². The maximum atomic E-state index is 12.4. The molecule has 0 spiro atoms. The van der Waals surface area contributed by atoms with Crippen LogP contribution in [0.4, 0.5) is 0 Å². The van der Waals surface area contributed by atoms with E-state index in [0.717, 1.165) is 5.56 Å². The van der Waals surface area contributed by atoms with Crippen molar-refractivity contribution in [1.29, 1.82) is 0 Å². The van der Waals surface area contributed by atoms with Crippen LogP contribution in [0.2, 0.25) is 0 Å². The van der Waals surface area contributed by atoms with Crippen LogP contribution >= 0.6 is 0 Å². The summed E-state index contributed by atoms with van der Waals surface area (Å²) >= 11 is 0. The van der Waals surface area contributed by atoms with Crippen LogP contribution in [0.1, 0.15) is 32.3 Å². The number of sulfonamides is 1. The first kappa shape index (κ1) is 18.2. The van der Waals surface area contributed by atoms with E-state index in [4.69, 9.17) is 5.11 Å². The monoisotopic (exact) mass is 351 g/mol. The highest BCUT2D eigenvalue weighted by atomic mass is 32.2. The lowest BCUT2D eigenvalue weighted by Crippen LogP contribution is -2.43. The molecule has 1 heterocycles. The van der Waals surface area contributed by atoms with Gasteiger partial charge in [0.2, 0.25) is 10.0 Å². The van der Waals surface area contributed by atoms with E-state index in [1.54, 1.807) is 18.5 Å². The predicted octanol–water partition coefficient (Wildman–Crippen LogP) is 1.85. The normalized spacial score (nSPS) is 12.2. The summed E-state index contributed by atoms with van der Waals surface area (Å²) in [4.78, 5) is 10.7. The number of hydrogen-bond acceptors (Lipinski definition) is 4. The first-order valence-corrected chi connectivity index (χ1v) is 8.98. The molecule has 7 nitrogen and oxygen atoms in total. The number of benzene rings is 1. The fourth-order valence-corrected chi connectivity index (χ4v) is 3.63. The van der Waals surface area contributed by atoms with Crippen molar-refractivity contribution >= 4 is 16.0 Å². The Hall–Kier alpha value is -2.19. The van der Waals surface area contributed by atoms with E-state index in [0.29, 0.717) is 6.54 Å². The van der Waals surface area contributed by atoms with Crippen molar-refractivity contribution in [3.05, 3.63) is 48.3 Å². The summed E-state index contributed by atoms with van der Waals surface area (Å²) in [5, 5.41) is 12.8. The Bertz CT molecular complexity index is 798. The van der Waals surface area contributed by atoms with E-state index in [2.05, 4.69) is 9.82 Å². The van der Waals surface area contributed by atoms with Gasteiger partial charge in [0.1, 0.15) is 4.90 Å². The fraction of sp³-hybridized carbons (Fsp3) is 0.375. The number of nitrogens with zero attached hydrogens (tertiary/aromatic N) is 2. The number of carboxylic acids is 1. The van der Waals surface area contributed by atoms with Crippen molar-refractivity contribution in [2.45, 2.75) is 43.7 Å². The third-order valence-electron chi connectivity index (χ3n) is 3.48. The highest BCUT2D eigenvalue weighted by molar-refractivity contribution is 7.89. The summed E-state index contributed by atoms with van der Waals surface area (Å²) in [6, 6.07) is 9.59. The Balaban J connectivity index is 2.08. The Morgan fingerprint density at radius 2 is 1.96 bits per heavy atom. The number of carbonyl (C=O) groups is 1. The summed E-state index contributed by atoms with van der Waals surface area (Å²) in [7, 11) is -3.76. The molecule has 0 aliphatic rings. The summed E-state index contributed by atoms with van der Waals surface area (Å²) in [6.07, 6.45) is 2.84. The first-order valence-electron chi connectivity index (χ1n) is 7.50. The second-order valence-corrected chi connectivity index (χ2v) is 7.92. The molecule has 0 saturated carbocycles. The average Bonchev–Trinajstić information content (AvgIpc) is 2.95. The number of rotatable bonds is 8. The Morgan fingerprint density at radius 1 is 1.29 bits per heavy atom. The second-order valence-electron chi connectivity index (χ2n) is 6.24. The topological polar surface area (TPSA) is 101 Å². The molecule has 2 aromatic rings. The van der Waals surface area contributed by atoms with Crippen LogP contribution in [0.5, 0.6) is 0 Å². The molecule has 0 atom stereocenters. The third kappa shape index (κ3) is 5.17. The Labute approximate surface area is 141 Å². The molecule has 2 rings (SSSR count). The molecule has 1 aromatic heterocycles. The van der Waals surface area contributed by atoms with Crippen LogP contribution in [0, 0.1) is 0 Å². The lowest BCUT2D eigenvalue weighted by Gasteiger charge is -2.24. The molecule has 0 radical (unpaired) electrons. The van der Waals surface area contributed by atoms with Gasteiger partial charge in [-0.05, 0) is 25.8 Å². The van der Waals surface area contributed by atoms with Gasteiger partial charge in [0, 0.05) is 18.2 Å². The van der Waals surface area contributed by atoms with Crippen LogP contribution in [-0.2, 0) is 21.4 Å². The van der Waals surface area contributed by atoms with E-state index in [1.165, 1.54) is 12.4 Å². The molecule has 2 N–H and O–H groups in total. The van der Waals surface area contributed by atoms with Crippen LogP contribution in [0.3, 0.4) is 0 Å². The summed E-state index contributed by atoms with van der Waals surface area (Å²) in [5.74, 6) is -0.960.